The van der Waals surface area contributed by atoms with Gasteiger partial charge in [0, 0.05) is 13.1 Å². The van der Waals surface area contributed by atoms with Crippen LogP contribution in [0.15, 0.2) is 58.4 Å². The molecule has 0 saturated carbocycles. The number of ether oxygens (including phenoxy) is 2. The first-order valence-electron chi connectivity index (χ1n) is 10.0. The summed E-state index contributed by atoms with van der Waals surface area (Å²) in [5.41, 5.74) is 2.74. The molecule has 2 aliphatic rings. The van der Waals surface area contributed by atoms with E-state index >= 15 is 0 Å². The van der Waals surface area contributed by atoms with E-state index in [-0.39, 0.29) is 18.4 Å². The minimum atomic E-state index is -0.172. The average Bonchev–Trinajstić information content (AvgIpc) is 3.13. The molecule has 0 bridgehead atoms. The zero-order chi connectivity index (χ0) is 21.6. The zero-order valence-electron chi connectivity index (χ0n) is 17.2. The predicted octanol–water partition coefficient (Wildman–Crippen LogP) is 3.12. The molecule has 2 fully saturated rings. The molecule has 0 aromatic heterocycles. The molecular weight excluding hydrogens is 414 g/mol. The Morgan fingerprint density at radius 2 is 1.94 bits per heavy atom. The standard InChI is InChI=1S/C23H23N3O4S/c1-16-4-2-3-5-19(16)24-23-25-22(28)20(31-23)14-17-6-8-18(9-7-17)30-15-21(27)26-10-12-29-13-11-26/h2-9,14H,10-13,15H2,1H3,(H,24,25,28)/b20-14-. The van der Waals surface area contributed by atoms with Crippen molar-refractivity contribution in [3.8, 4) is 5.75 Å². The summed E-state index contributed by atoms with van der Waals surface area (Å²) in [5.74, 6) is 0.386. The summed E-state index contributed by atoms with van der Waals surface area (Å²) in [6.07, 6.45) is 1.81. The number of carbonyl (C=O) groups excluding carboxylic acids is 2. The number of nitrogens with one attached hydrogen (secondary N) is 1. The van der Waals surface area contributed by atoms with Crippen LogP contribution in [-0.2, 0) is 14.3 Å². The fourth-order valence-corrected chi connectivity index (χ4v) is 3.97. The van der Waals surface area contributed by atoms with Crippen LogP contribution in [0, 0.1) is 6.92 Å². The number of benzene rings is 2. The van der Waals surface area contributed by atoms with Gasteiger partial charge in [0.15, 0.2) is 11.8 Å². The number of hydrogen-bond acceptors (Lipinski definition) is 6. The molecule has 2 amide bonds. The molecule has 160 valence electrons. The van der Waals surface area contributed by atoms with Crippen LogP contribution in [0.1, 0.15) is 11.1 Å². The second-order valence-electron chi connectivity index (χ2n) is 7.12. The molecule has 4 rings (SSSR count). The van der Waals surface area contributed by atoms with Crippen molar-refractivity contribution in [2.75, 3.05) is 32.9 Å². The number of hydrogen-bond donors (Lipinski definition) is 1. The monoisotopic (exact) mass is 437 g/mol. The van der Waals surface area contributed by atoms with Crippen molar-refractivity contribution < 1.29 is 19.1 Å². The van der Waals surface area contributed by atoms with Gasteiger partial charge in [0.2, 0.25) is 0 Å². The molecule has 7 nitrogen and oxygen atoms in total. The maximum Gasteiger partial charge on any atom is 0.264 e. The van der Waals surface area contributed by atoms with E-state index in [1.807, 2.05) is 49.4 Å². The van der Waals surface area contributed by atoms with Gasteiger partial charge >= 0.3 is 0 Å². The van der Waals surface area contributed by atoms with Crippen molar-refractivity contribution in [3.63, 3.8) is 0 Å². The largest absolute Gasteiger partial charge is 0.484 e. The highest BCUT2D eigenvalue weighted by atomic mass is 32.2. The van der Waals surface area contributed by atoms with Crippen molar-refractivity contribution >= 4 is 40.5 Å². The van der Waals surface area contributed by atoms with E-state index in [1.54, 1.807) is 17.0 Å². The Kier molecular flexibility index (Phi) is 6.69. The lowest BCUT2D eigenvalue weighted by molar-refractivity contribution is -0.137. The Morgan fingerprint density at radius 1 is 1.19 bits per heavy atom. The number of amidine groups is 1. The Morgan fingerprint density at radius 3 is 2.68 bits per heavy atom. The van der Waals surface area contributed by atoms with Gasteiger partial charge in [0.25, 0.3) is 11.8 Å². The lowest BCUT2D eigenvalue weighted by atomic mass is 10.2. The molecular formula is C23H23N3O4S. The third-order valence-electron chi connectivity index (χ3n) is 4.89. The van der Waals surface area contributed by atoms with Crippen LogP contribution in [0.3, 0.4) is 0 Å². The lowest BCUT2D eigenvalue weighted by Gasteiger charge is -2.26. The predicted molar refractivity (Wildman–Crippen MR) is 121 cm³/mol. The molecule has 0 spiro atoms. The summed E-state index contributed by atoms with van der Waals surface area (Å²) in [4.78, 5) is 31.3. The van der Waals surface area contributed by atoms with Gasteiger partial charge in [-0.05, 0) is 54.1 Å². The van der Waals surface area contributed by atoms with Crippen molar-refractivity contribution in [1.82, 2.24) is 10.2 Å². The van der Waals surface area contributed by atoms with E-state index in [2.05, 4.69) is 10.3 Å². The van der Waals surface area contributed by atoms with Gasteiger partial charge in [-0.25, -0.2) is 4.99 Å². The Balaban J connectivity index is 1.36. The van der Waals surface area contributed by atoms with E-state index in [0.717, 1.165) is 16.8 Å². The highest BCUT2D eigenvalue weighted by Gasteiger charge is 2.24. The highest BCUT2D eigenvalue weighted by Crippen LogP contribution is 2.29. The van der Waals surface area contributed by atoms with Crippen LogP contribution in [0.25, 0.3) is 6.08 Å². The van der Waals surface area contributed by atoms with Crippen LogP contribution in [0.4, 0.5) is 5.69 Å². The molecule has 2 heterocycles. The van der Waals surface area contributed by atoms with Gasteiger partial charge in [-0.3, -0.25) is 9.59 Å². The number of para-hydroxylation sites is 1. The Hall–Kier alpha value is -3.10. The molecule has 2 aromatic carbocycles. The first-order chi connectivity index (χ1) is 15.1. The summed E-state index contributed by atoms with van der Waals surface area (Å²) in [6, 6.07) is 15.1. The number of carbonyl (C=O) groups is 2. The number of morpholine rings is 1. The Bertz CT molecular complexity index is 1030. The van der Waals surface area contributed by atoms with Crippen molar-refractivity contribution in [3.05, 3.63) is 64.6 Å². The van der Waals surface area contributed by atoms with Gasteiger partial charge in [-0.15, -0.1) is 0 Å². The van der Waals surface area contributed by atoms with Crippen molar-refractivity contribution in [2.45, 2.75) is 6.92 Å². The van der Waals surface area contributed by atoms with E-state index in [0.29, 0.717) is 42.1 Å². The van der Waals surface area contributed by atoms with Gasteiger partial charge in [0.1, 0.15) is 5.75 Å². The summed E-state index contributed by atoms with van der Waals surface area (Å²) in [6.45, 7) is 4.32. The zero-order valence-corrected chi connectivity index (χ0v) is 18.0. The molecule has 2 saturated heterocycles. The number of thioether (sulfide) groups is 1. The average molecular weight is 438 g/mol. The molecule has 0 unspecified atom stereocenters. The third kappa shape index (κ3) is 5.53. The van der Waals surface area contributed by atoms with E-state index in [4.69, 9.17) is 9.47 Å². The molecule has 0 radical (unpaired) electrons. The molecule has 0 atom stereocenters. The quantitative estimate of drug-likeness (QED) is 0.727. The SMILES string of the molecule is Cc1ccccc1N=C1NC(=O)/C(=C/c2ccc(OCC(=O)N3CCOCC3)cc2)S1. The molecule has 31 heavy (non-hydrogen) atoms. The van der Waals surface area contributed by atoms with E-state index in [1.165, 1.54) is 11.8 Å². The Labute approximate surface area is 185 Å². The van der Waals surface area contributed by atoms with Crippen LogP contribution in [-0.4, -0.2) is 54.8 Å². The fraction of sp³-hybridized carbons (Fsp3) is 0.261. The number of aliphatic imine (C=N–C) groups is 1. The van der Waals surface area contributed by atoms with Gasteiger partial charge in [0.05, 0.1) is 23.8 Å². The first kappa shape index (κ1) is 21.1. The molecule has 8 heteroatoms. The molecule has 2 aromatic rings. The molecule has 0 aliphatic carbocycles. The van der Waals surface area contributed by atoms with E-state index in [9.17, 15) is 9.59 Å². The van der Waals surface area contributed by atoms with Crippen LogP contribution < -0.4 is 10.1 Å². The summed E-state index contributed by atoms with van der Waals surface area (Å²) < 4.78 is 10.9. The second-order valence-corrected chi connectivity index (χ2v) is 8.15. The third-order valence-corrected chi connectivity index (χ3v) is 5.80. The van der Waals surface area contributed by atoms with Gasteiger partial charge < -0.3 is 19.7 Å². The van der Waals surface area contributed by atoms with Crippen LogP contribution in [0.5, 0.6) is 5.75 Å². The topological polar surface area (TPSA) is 80.2 Å². The number of aryl methyl sites for hydroxylation is 1. The van der Waals surface area contributed by atoms with Crippen molar-refractivity contribution in [1.29, 1.82) is 0 Å². The minimum Gasteiger partial charge on any atom is -0.484 e. The molecule has 1 N–H and O–H groups in total. The molecule has 2 aliphatic heterocycles. The number of rotatable bonds is 5. The van der Waals surface area contributed by atoms with Gasteiger partial charge in [-0.2, -0.15) is 0 Å². The number of nitrogens with zero attached hydrogens (tertiary/aromatic N) is 2. The smallest absolute Gasteiger partial charge is 0.264 e. The number of amides is 2. The fourth-order valence-electron chi connectivity index (χ4n) is 3.14. The van der Waals surface area contributed by atoms with Crippen LogP contribution in [0.2, 0.25) is 0 Å². The summed E-state index contributed by atoms with van der Waals surface area (Å²) in [5, 5.41) is 3.37. The second kappa shape index (κ2) is 9.80. The normalized spacial score (nSPS) is 19.0. The maximum atomic E-state index is 12.3. The summed E-state index contributed by atoms with van der Waals surface area (Å²) in [7, 11) is 0. The maximum absolute atomic E-state index is 12.3. The van der Waals surface area contributed by atoms with Crippen LogP contribution >= 0.6 is 11.8 Å². The van der Waals surface area contributed by atoms with Gasteiger partial charge in [-0.1, -0.05) is 30.3 Å². The van der Waals surface area contributed by atoms with E-state index < -0.39 is 0 Å². The lowest BCUT2D eigenvalue weighted by Crippen LogP contribution is -2.42. The van der Waals surface area contributed by atoms with Crippen molar-refractivity contribution in [2.24, 2.45) is 4.99 Å². The minimum absolute atomic E-state index is 0.00256. The first-order valence-corrected chi connectivity index (χ1v) is 10.8. The summed E-state index contributed by atoms with van der Waals surface area (Å²) >= 11 is 1.31. The highest BCUT2D eigenvalue weighted by molar-refractivity contribution is 8.18.